The summed E-state index contributed by atoms with van der Waals surface area (Å²) in [5.41, 5.74) is 9.79. The van der Waals surface area contributed by atoms with Gasteiger partial charge in [-0.3, -0.25) is 4.99 Å². The van der Waals surface area contributed by atoms with Gasteiger partial charge >= 0.3 is 0 Å². The number of furan rings is 1. The Hall–Kier alpha value is -5.41. The molecule has 0 saturated carbocycles. The SMILES string of the molecule is C(=NCc1cccc(-n2c3cc(-c4ccccc4)ccc3c3ccc4c5ccccc5oc4c32)c1)c1ccccc1. The van der Waals surface area contributed by atoms with Gasteiger partial charge in [-0.25, -0.2) is 0 Å². The molecule has 0 aliphatic rings. The van der Waals surface area contributed by atoms with Gasteiger partial charge in [0.15, 0.2) is 5.58 Å². The van der Waals surface area contributed by atoms with E-state index in [-0.39, 0.29) is 0 Å². The van der Waals surface area contributed by atoms with Gasteiger partial charge in [0.1, 0.15) is 5.58 Å². The summed E-state index contributed by atoms with van der Waals surface area (Å²) in [7, 11) is 0. The predicted molar refractivity (Wildman–Crippen MR) is 171 cm³/mol. The fourth-order valence-corrected chi connectivity index (χ4v) is 5.95. The van der Waals surface area contributed by atoms with E-state index in [0.717, 1.165) is 49.8 Å². The normalized spacial score (nSPS) is 11.9. The Morgan fingerprint density at radius 3 is 2.22 bits per heavy atom. The highest BCUT2D eigenvalue weighted by Gasteiger charge is 2.19. The molecule has 0 N–H and O–H groups in total. The van der Waals surface area contributed by atoms with Crippen LogP contribution in [0.5, 0.6) is 0 Å². The lowest BCUT2D eigenvalue weighted by Gasteiger charge is -2.11. The molecule has 6 aromatic carbocycles. The average Bonchev–Trinajstić information content (AvgIpc) is 3.58. The second-order valence-electron chi connectivity index (χ2n) is 10.4. The molecule has 3 nitrogen and oxygen atoms in total. The molecule has 2 heterocycles. The van der Waals surface area contributed by atoms with Crippen LogP contribution in [0, 0.1) is 0 Å². The van der Waals surface area contributed by atoms with Crippen molar-refractivity contribution in [2.75, 3.05) is 0 Å². The van der Waals surface area contributed by atoms with Crippen LogP contribution in [-0.4, -0.2) is 10.8 Å². The molecule has 0 aliphatic carbocycles. The van der Waals surface area contributed by atoms with Crippen molar-refractivity contribution in [3.63, 3.8) is 0 Å². The summed E-state index contributed by atoms with van der Waals surface area (Å²) in [6.45, 7) is 0.606. The molecule has 3 heteroatoms. The molecule has 41 heavy (non-hydrogen) atoms. The van der Waals surface area contributed by atoms with Gasteiger partial charge in [0, 0.05) is 33.4 Å². The Balaban J connectivity index is 1.37. The van der Waals surface area contributed by atoms with Crippen LogP contribution in [0.25, 0.3) is 60.6 Å². The Kier molecular flexibility index (Phi) is 5.53. The maximum absolute atomic E-state index is 6.57. The van der Waals surface area contributed by atoms with Gasteiger partial charge in [0.05, 0.1) is 17.6 Å². The van der Waals surface area contributed by atoms with Crippen molar-refractivity contribution >= 4 is 50.0 Å². The number of aromatic nitrogens is 1. The maximum Gasteiger partial charge on any atom is 0.160 e. The summed E-state index contributed by atoms with van der Waals surface area (Å²) in [6, 6.07) is 49.0. The van der Waals surface area contributed by atoms with Crippen LogP contribution in [-0.2, 0) is 6.54 Å². The summed E-state index contributed by atoms with van der Waals surface area (Å²) < 4.78 is 8.94. The Morgan fingerprint density at radius 1 is 0.585 bits per heavy atom. The summed E-state index contributed by atoms with van der Waals surface area (Å²) in [5.74, 6) is 0. The van der Waals surface area contributed by atoms with Crippen molar-refractivity contribution in [3.05, 3.63) is 151 Å². The number of nitrogens with zero attached hydrogens (tertiary/aromatic N) is 2. The molecular formula is C38H26N2O. The zero-order chi connectivity index (χ0) is 27.2. The van der Waals surface area contributed by atoms with Gasteiger partial charge in [0.25, 0.3) is 0 Å². The van der Waals surface area contributed by atoms with Gasteiger partial charge in [-0.15, -0.1) is 0 Å². The first kappa shape index (κ1) is 23.5. The summed E-state index contributed by atoms with van der Waals surface area (Å²) in [6.07, 6.45) is 1.94. The monoisotopic (exact) mass is 526 g/mol. The van der Waals surface area contributed by atoms with Crippen LogP contribution in [0.4, 0.5) is 0 Å². The van der Waals surface area contributed by atoms with Crippen molar-refractivity contribution in [1.82, 2.24) is 4.57 Å². The van der Waals surface area contributed by atoms with Crippen molar-refractivity contribution in [1.29, 1.82) is 0 Å². The lowest BCUT2D eigenvalue weighted by molar-refractivity contribution is 0.671. The molecule has 0 atom stereocenters. The highest BCUT2D eigenvalue weighted by Crippen LogP contribution is 2.41. The molecule has 194 valence electrons. The minimum atomic E-state index is 0.606. The average molecular weight is 527 g/mol. The highest BCUT2D eigenvalue weighted by molar-refractivity contribution is 6.21. The lowest BCUT2D eigenvalue weighted by atomic mass is 10.0. The van der Waals surface area contributed by atoms with E-state index in [9.17, 15) is 0 Å². The zero-order valence-corrected chi connectivity index (χ0v) is 22.4. The Bertz CT molecular complexity index is 2220. The van der Waals surface area contributed by atoms with Crippen LogP contribution in [0.15, 0.2) is 149 Å². The first-order chi connectivity index (χ1) is 20.3. The van der Waals surface area contributed by atoms with E-state index in [0.29, 0.717) is 6.54 Å². The van der Waals surface area contributed by atoms with Crippen LogP contribution >= 0.6 is 0 Å². The van der Waals surface area contributed by atoms with E-state index in [2.05, 4.69) is 114 Å². The van der Waals surface area contributed by atoms with Crippen molar-refractivity contribution in [2.24, 2.45) is 4.99 Å². The van der Waals surface area contributed by atoms with Gasteiger partial charge < -0.3 is 8.98 Å². The van der Waals surface area contributed by atoms with E-state index in [1.54, 1.807) is 0 Å². The van der Waals surface area contributed by atoms with E-state index in [1.165, 1.54) is 21.9 Å². The molecule has 8 rings (SSSR count). The topological polar surface area (TPSA) is 30.4 Å². The van der Waals surface area contributed by atoms with E-state index < -0.39 is 0 Å². The lowest BCUT2D eigenvalue weighted by Crippen LogP contribution is -1.96. The molecule has 0 fully saturated rings. The number of aliphatic imine (C=N–C) groups is 1. The first-order valence-corrected chi connectivity index (χ1v) is 13.9. The van der Waals surface area contributed by atoms with Crippen LogP contribution in [0.2, 0.25) is 0 Å². The summed E-state index contributed by atoms with van der Waals surface area (Å²) >= 11 is 0. The number of para-hydroxylation sites is 1. The molecule has 2 aromatic heterocycles. The van der Waals surface area contributed by atoms with Gasteiger partial charge in [-0.1, -0.05) is 109 Å². The molecule has 8 aromatic rings. The van der Waals surface area contributed by atoms with Crippen LogP contribution < -0.4 is 0 Å². The molecule has 0 spiro atoms. The van der Waals surface area contributed by atoms with E-state index in [1.807, 2.05) is 36.5 Å². The summed E-state index contributed by atoms with van der Waals surface area (Å²) in [5, 5.41) is 4.65. The third-order valence-corrected chi connectivity index (χ3v) is 7.86. The number of rotatable bonds is 5. The molecular weight excluding hydrogens is 500 g/mol. The molecule has 0 radical (unpaired) electrons. The van der Waals surface area contributed by atoms with Gasteiger partial charge in [-0.05, 0) is 52.6 Å². The second kappa shape index (κ2) is 9.65. The third-order valence-electron chi connectivity index (χ3n) is 7.86. The van der Waals surface area contributed by atoms with Gasteiger partial charge in [0.2, 0.25) is 0 Å². The molecule has 0 amide bonds. The van der Waals surface area contributed by atoms with Crippen molar-refractivity contribution in [3.8, 4) is 16.8 Å². The highest BCUT2D eigenvalue weighted by atomic mass is 16.3. The minimum absolute atomic E-state index is 0.606. The molecule has 0 bridgehead atoms. The van der Waals surface area contributed by atoms with Crippen LogP contribution in [0.1, 0.15) is 11.1 Å². The van der Waals surface area contributed by atoms with E-state index >= 15 is 0 Å². The maximum atomic E-state index is 6.57. The summed E-state index contributed by atoms with van der Waals surface area (Å²) in [4.78, 5) is 4.74. The van der Waals surface area contributed by atoms with Crippen molar-refractivity contribution in [2.45, 2.75) is 6.54 Å². The largest absolute Gasteiger partial charge is 0.454 e. The predicted octanol–water partition coefficient (Wildman–Crippen LogP) is 9.97. The fraction of sp³-hybridized carbons (Fsp3) is 0.0263. The smallest absolute Gasteiger partial charge is 0.160 e. The Morgan fingerprint density at radius 2 is 1.34 bits per heavy atom. The standard InChI is InChI=1S/C38H26N2O/c1-3-10-26(11-4-1)24-39-25-27-12-9-15-30(22-27)40-35-23-29(28-13-5-2-6-14-28)18-19-31(35)33-20-21-34-32-16-7-8-17-36(32)41-38(34)37(33)40/h1-24H,25H2. The number of hydrogen-bond donors (Lipinski definition) is 0. The minimum Gasteiger partial charge on any atom is -0.454 e. The van der Waals surface area contributed by atoms with Gasteiger partial charge in [-0.2, -0.15) is 0 Å². The molecule has 0 aliphatic heterocycles. The number of benzene rings is 6. The second-order valence-corrected chi connectivity index (χ2v) is 10.4. The quantitative estimate of drug-likeness (QED) is 0.205. The number of hydrogen-bond acceptors (Lipinski definition) is 2. The third kappa shape index (κ3) is 4.02. The van der Waals surface area contributed by atoms with Crippen LogP contribution in [0.3, 0.4) is 0 Å². The Labute approximate surface area is 237 Å². The fourth-order valence-electron chi connectivity index (χ4n) is 5.95. The first-order valence-electron chi connectivity index (χ1n) is 13.9. The van der Waals surface area contributed by atoms with E-state index in [4.69, 9.17) is 9.41 Å². The number of fused-ring (bicyclic) bond motifs is 7. The molecule has 0 saturated heterocycles. The zero-order valence-electron chi connectivity index (χ0n) is 22.4. The van der Waals surface area contributed by atoms with Crippen molar-refractivity contribution < 1.29 is 4.42 Å². The molecule has 0 unspecified atom stereocenters.